The minimum absolute atomic E-state index is 0.299. The maximum Gasteiger partial charge on any atom is 0.306 e. The van der Waals surface area contributed by atoms with Crippen molar-refractivity contribution in [1.82, 2.24) is 19.6 Å². The van der Waals surface area contributed by atoms with Gasteiger partial charge in [-0.25, -0.2) is 4.98 Å². The Hall–Kier alpha value is -3.49. The fourth-order valence-corrected chi connectivity index (χ4v) is 5.30. The number of aliphatic carboxylic acids is 1. The van der Waals surface area contributed by atoms with Crippen LogP contribution < -0.4 is 5.32 Å². The van der Waals surface area contributed by atoms with Crippen molar-refractivity contribution >= 4 is 55.6 Å². The maximum atomic E-state index is 11.7. The van der Waals surface area contributed by atoms with Crippen LogP contribution in [-0.4, -0.2) is 30.7 Å². The van der Waals surface area contributed by atoms with Crippen molar-refractivity contribution in [2.75, 3.05) is 5.32 Å². The van der Waals surface area contributed by atoms with Crippen LogP contribution in [0.3, 0.4) is 0 Å². The molecule has 0 unspecified atom stereocenters. The first kappa shape index (κ1) is 23.3. The average Bonchev–Trinajstić information content (AvgIpc) is 3.41. The Labute approximate surface area is 211 Å². The number of rotatable bonds is 8. The Morgan fingerprint density at radius 2 is 1.89 bits per heavy atom. The van der Waals surface area contributed by atoms with Gasteiger partial charge in [0, 0.05) is 23.3 Å². The van der Waals surface area contributed by atoms with Crippen LogP contribution in [0.15, 0.2) is 60.8 Å². The summed E-state index contributed by atoms with van der Waals surface area (Å²) in [5.74, 6) is -0.311. The zero-order valence-electron chi connectivity index (χ0n) is 19.3. The highest BCUT2D eigenvalue weighted by molar-refractivity contribution is 7.22. The van der Waals surface area contributed by atoms with Crippen molar-refractivity contribution in [2.45, 2.75) is 26.7 Å². The molecule has 2 N–H and O–H groups in total. The summed E-state index contributed by atoms with van der Waals surface area (Å²) in [7, 11) is 0. The molecule has 1 atom stereocenters. The van der Waals surface area contributed by atoms with Crippen LogP contribution in [0.25, 0.3) is 27.0 Å². The van der Waals surface area contributed by atoms with E-state index in [4.69, 9.17) is 11.6 Å². The molecule has 0 aliphatic carbocycles. The highest BCUT2D eigenvalue weighted by Crippen LogP contribution is 2.31. The predicted molar refractivity (Wildman–Crippen MR) is 141 cm³/mol. The molecule has 2 aromatic carbocycles. The Kier molecular flexibility index (Phi) is 6.40. The van der Waals surface area contributed by atoms with Gasteiger partial charge >= 0.3 is 5.97 Å². The zero-order valence-corrected chi connectivity index (χ0v) is 20.8. The third-order valence-corrected chi connectivity index (χ3v) is 7.00. The van der Waals surface area contributed by atoms with Gasteiger partial charge in [-0.15, -0.1) is 10.2 Å². The molecule has 3 heterocycles. The van der Waals surface area contributed by atoms with E-state index in [-0.39, 0.29) is 0 Å². The highest BCUT2D eigenvalue weighted by Gasteiger charge is 2.22. The van der Waals surface area contributed by atoms with E-state index in [1.807, 2.05) is 79.0 Å². The number of benzene rings is 2. The number of nitrogens with zero attached hydrogens (tertiary/aromatic N) is 4. The second-order valence-electron chi connectivity index (χ2n) is 8.96. The van der Waals surface area contributed by atoms with Gasteiger partial charge in [0.05, 0.1) is 16.1 Å². The van der Waals surface area contributed by atoms with Gasteiger partial charge in [-0.2, -0.15) is 0 Å². The van der Waals surface area contributed by atoms with E-state index in [0.717, 1.165) is 32.2 Å². The standard InChI is InChI=1S/C26H24ClN5O2S/c1-15(2)11-18(25(33)34)13-24-31-30-23-12-17(9-10-32(23)24)16-3-6-20(7-4-16)28-26-29-21-8-5-19(27)14-22(21)35-26/h3-10,12,14-15,18H,11,13H2,1-2H3,(H,28,29)(H,33,34)/t18-/m1/s1. The number of carboxylic acid groups (broad SMARTS) is 1. The van der Waals surface area contributed by atoms with Gasteiger partial charge in [0.25, 0.3) is 0 Å². The van der Waals surface area contributed by atoms with E-state index in [0.29, 0.717) is 35.3 Å². The number of aromatic nitrogens is 4. The second-order valence-corrected chi connectivity index (χ2v) is 10.4. The first-order valence-corrected chi connectivity index (χ1v) is 12.5. The molecule has 178 valence electrons. The van der Waals surface area contributed by atoms with Crippen LogP contribution in [0.5, 0.6) is 0 Å². The third-order valence-electron chi connectivity index (χ3n) is 5.83. The summed E-state index contributed by atoms with van der Waals surface area (Å²) in [6.07, 6.45) is 2.87. The lowest BCUT2D eigenvalue weighted by Crippen LogP contribution is -2.19. The molecule has 5 rings (SSSR count). The summed E-state index contributed by atoms with van der Waals surface area (Å²) < 4.78 is 2.91. The van der Waals surface area contributed by atoms with E-state index in [2.05, 4.69) is 20.5 Å². The third kappa shape index (κ3) is 5.13. The maximum absolute atomic E-state index is 11.7. The van der Waals surface area contributed by atoms with E-state index >= 15 is 0 Å². The Bertz CT molecular complexity index is 1510. The lowest BCUT2D eigenvalue weighted by atomic mass is 9.94. The molecule has 9 heteroatoms. The van der Waals surface area contributed by atoms with Gasteiger partial charge in [0.1, 0.15) is 5.82 Å². The fourth-order valence-electron chi connectivity index (χ4n) is 4.14. The highest BCUT2D eigenvalue weighted by atomic mass is 35.5. The van der Waals surface area contributed by atoms with E-state index in [9.17, 15) is 9.90 Å². The molecule has 5 aromatic rings. The number of hydrogen-bond donors (Lipinski definition) is 2. The lowest BCUT2D eigenvalue weighted by molar-refractivity contribution is -0.142. The quantitative estimate of drug-likeness (QED) is 0.244. The van der Waals surface area contributed by atoms with Gasteiger partial charge in [0.2, 0.25) is 0 Å². The second kappa shape index (κ2) is 9.64. The number of pyridine rings is 1. The van der Waals surface area contributed by atoms with Crippen LogP contribution in [0.1, 0.15) is 26.1 Å². The zero-order chi connectivity index (χ0) is 24.5. The van der Waals surface area contributed by atoms with Crippen LogP contribution >= 0.6 is 22.9 Å². The van der Waals surface area contributed by atoms with E-state index < -0.39 is 11.9 Å². The normalized spacial score (nSPS) is 12.5. The minimum atomic E-state index is -0.796. The number of halogens is 1. The van der Waals surface area contributed by atoms with Crippen LogP contribution in [-0.2, 0) is 11.2 Å². The Morgan fingerprint density at radius 1 is 1.09 bits per heavy atom. The minimum Gasteiger partial charge on any atom is -0.481 e. The van der Waals surface area contributed by atoms with Crippen LogP contribution in [0.2, 0.25) is 5.02 Å². The molecule has 0 aliphatic heterocycles. The largest absolute Gasteiger partial charge is 0.481 e. The summed E-state index contributed by atoms with van der Waals surface area (Å²) in [6.45, 7) is 4.06. The summed E-state index contributed by atoms with van der Waals surface area (Å²) >= 11 is 7.64. The topological polar surface area (TPSA) is 92.4 Å². The summed E-state index contributed by atoms with van der Waals surface area (Å²) in [6, 6.07) is 17.7. The number of nitrogens with one attached hydrogen (secondary N) is 1. The molecule has 35 heavy (non-hydrogen) atoms. The SMILES string of the molecule is CC(C)C[C@H](Cc1nnc2cc(-c3ccc(Nc4nc5ccc(Cl)cc5s4)cc3)ccn12)C(=O)O. The number of fused-ring (bicyclic) bond motifs is 2. The predicted octanol–water partition coefficient (Wildman–Crippen LogP) is 6.69. The fraction of sp³-hybridized carbons (Fsp3) is 0.231. The number of anilines is 2. The van der Waals surface area contributed by atoms with Crippen molar-refractivity contribution < 1.29 is 9.90 Å². The van der Waals surface area contributed by atoms with Crippen molar-refractivity contribution in [1.29, 1.82) is 0 Å². The molecule has 0 spiro atoms. The molecule has 3 aromatic heterocycles. The van der Waals surface area contributed by atoms with Crippen molar-refractivity contribution in [3.63, 3.8) is 0 Å². The molecule has 0 amide bonds. The molecular weight excluding hydrogens is 482 g/mol. The van der Waals surface area contributed by atoms with Gasteiger partial charge < -0.3 is 10.4 Å². The molecular formula is C26H24ClN5O2S. The smallest absolute Gasteiger partial charge is 0.306 e. The molecule has 0 fully saturated rings. The van der Waals surface area contributed by atoms with Gasteiger partial charge in [0.15, 0.2) is 10.8 Å². The van der Waals surface area contributed by atoms with Crippen LogP contribution in [0, 0.1) is 11.8 Å². The summed E-state index contributed by atoms with van der Waals surface area (Å²) in [4.78, 5) is 16.3. The van der Waals surface area contributed by atoms with E-state index in [1.54, 1.807) is 11.3 Å². The van der Waals surface area contributed by atoms with Gasteiger partial charge in [-0.3, -0.25) is 9.20 Å². The monoisotopic (exact) mass is 505 g/mol. The molecule has 0 bridgehead atoms. The lowest BCUT2D eigenvalue weighted by Gasteiger charge is -2.13. The molecule has 0 radical (unpaired) electrons. The van der Waals surface area contributed by atoms with Crippen molar-refractivity contribution in [2.24, 2.45) is 11.8 Å². The van der Waals surface area contributed by atoms with Crippen molar-refractivity contribution in [3.8, 4) is 11.1 Å². The van der Waals surface area contributed by atoms with Crippen LogP contribution in [0.4, 0.5) is 10.8 Å². The van der Waals surface area contributed by atoms with E-state index in [1.165, 1.54) is 0 Å². The molecule has 7 nitrogen and oxygen atoms in total. The first-order valence-electron chi connectivity index (χ1n) is 11.4. The Morgan fingerprint density at radius 3 is 2.63 bits per heavy atom. The number of carbonyl (C=O) groups is 1. The molecule has 0 saturated carbocycles. The molecule has 0 saturated heterocycles. The summed E-state index contributed by atoms with van der Waals surface area (Å²) in [5.41, 5.74) is 4.60. The first-order chi connectivity index (χ1) is 16.9. The number of hydrogen-bond acceptors (Lipinski definition) is 6. The van der Waals surface area contributed by atoms with Crippen molar-refractivity contribution in [3.05, 3.63) is 71.6 Å². The van der Waals surface area contributed by atoms with Gasteiger partial charge in [-0.1, -0.05) is 48.9 Å². The molecule has 0 aliphatic rings. The van der Waals surface area contributed by atoms with Gasteiger partial charge in [-0.05, 0) is 65.9 Å². The summed E-state index contributed by atoms with van der Waals surface area (Å²) in [5, 5.41) is 23.0. The Balaban J connectivity index is 1.33. The average molecular weight is 506 g/mol. The number of carboxylic acids is 1. The number of thiazole rings is 1.